The van der Waals surface area contributed by atoms with Crippen LogP contribution in [0.2, 0.25) is 0 Å². The Kier molecular flexibility index (Phi) is 17.4. The molecule has 0 saturated heterocycles. The zero-order valence-electron chi connectivity index (χ0n) is 32.0. The molecule has 0 aliphatic rings. The van der Waals surface area contributed by atoms with E-state index in [0.29, 0.717) is 11.8 Å². The van der Waals surface area contributed by atoms with E-state index in [1.54, 1.807) is 6.20 Å². The van der Waals surface area contributed by atoms with Crippen LogP contribution in [0.3, 0.4) is 0 Å². The predicted octanol–water partition coefficient (Wildman–Crippen LogP) is 13.2. The Morgan fingerprint density at radius 1 is 0.357 bits per heavy atom. The Hall–Kier alpha value is -5.15. The fourth-order valence-corrected chi connectivity index (χ4v) is 5.83. The summed E-state index contributed by atoms with van der Waals surface area (Å²) in [5.41, 5.74) is 13.5. The van der Waals surface area contributed by atoms with Crippen LogP contribution in [0.4, 0.5) is 0 Å². The van der Waals surface area contributed by atoms with E-state index in [2.05, 4.69) is 158 Å². The summed E-state index contributed by atoms with van der Waals surface area (Å²) >= 11 is 0. The SMILES string of the molecule is CC(C)c1ccnc(-c2[c-]ccc(-c3ccccc3)c2)c1.CC(C)c1ccnc(-c2[c-]ccc(-c3ccccc3)c2)c1.[Ir].[Ir].[c-]1ccccc1-c1ccccn1. The minimum absolute atomic E-state index is 0. The van der Waals surface area contributed by atoms with Gasteiger partial charge in [-0.2, -0.15) is 0 Å². The first-order chi connectivity index (χ1) is 26.4. The average Bonchev–Trinajstić information content (AvgIpc) is 3.25. The van der Waals surface area contributed by atoms with Crippen LogP contribution in [0.5, 0.6) is 0 Å². The molecule has 0 unspecified atom stereocenters. The predicted molar refractivity (Wildman–Crippen MR) is 225 cm³/mol. The molecule has 3 heterocycles. The van der Waals surface area contributed by atoms with E-state index in [1.165, 1.54) is 33.4 Å². The Morgan fingerprint density at radius 2 is 0.804 bits per heavy atom. The summed E-state index contributed by atoms with van der Waals surface area (Å²) in [5.74, 6) is 1.01. The summed E-state index contributed by atoms with van der Waals surface area (Å²) < 4.78 is 0. The van der Waals surface area contributed by atoms with Gasteiger partial charge < -0.3 is 15.0 Å². The van der Waals surface area contributed by atoms with Gasteiger partial charge in [0.05, 0.1) is 0 Å². The van der Waals surface area contributed by atoms with E-state index >= 15 is 0 Å². The molecule has 0 atom stereocenters. The van der Waals surface area contributed by atoms with Crippen molar-refractivity contribution in [2.45, 2.75) is 39.5 Å². The van der Waals surface area contributed by atoms with Crippen LogP contribution >= 0.6 is 0 Å². The van der Waals surface area contributed by atoms with E-state index in [9.17, 15) is 0 Å². The molecule has 2 radical (unpaired) electrons. The second-order valence-corrected chi connectivity index (χ2v) is 13.5. The van der Waals surface area contributed by atoms with Crippen molar-refractivity contribution in [2.75, 3.05) is 0 Å². The maximum absolute atomic E-state index is 4.50. The van der Waals surface area contributed by atoms with Gasteiger partial charge in [-0.15, -0.1) is 107 Å². The Morgan fingerprint density at radius 3 is 1.23 bits per heavy atom. The Bertz CT molecular complexity index is 2160. The summed E-state index contributed by atoms with van der Waals surface area (Å²) in [5, 5.41) is 0. The van der Waals surface area contributed by atoms with Gasteiger partial charge in [0.2, 0.25) is 0 Å². The van der Waals surface area contributed by atoms with Crippen molar-refractivity contribution in [1.82, 2.24) is 15.0 Å². The first-order valence-electron chi connectivity index (χ1n) is 18.4. The minimum Gasteiger partial charge on any atom is -0.305 e. The molecule has 3 nitrogen and oxygen atoms in total. The first kappa shape index (κ1) is 43.6. The molecule has 8 rings (SSSR count). The van der Waals surface area contributed by atoms with E-state index < -0.39 is 0 Å². The van der Waals surface area contributed by atoms with Crippen LogP contribution in [-0.2, 0) is 40.2 Å². The maximum atomic E-state index is 4.50. The fourth-order valence-electron chi connectivity index (χ4n) is 5.83. The fraction of sp³-hybridized carbons (Fsp3) is 0.118. The maximum Gasteiger partial charge on any atom is 0.0163 e. The summed E-state index contributed by atoms with van der Waals surface area (Å²) in [6.45, 7) is 8.79. The zero-order chi connectivity index (χ0) is 37.5. The molecule has 5 aromatic carbocycles. The van der Waals surface area contributed by atoms with Crippen molar-refractivity contribution in [2.24, 2.45) is 0 Å². The largest absolute Gasteiger partial charge is 0.305 e. The summed E-state index contributed by atoms with van der Waals surface area (Å²) in [4.78, 5) is 13.2. The second kappa shape index (κ2) is 22.4. The van der Waals surface area contributed by atoms with Crippen LogP contribution in [-0.4, -0.2) is 15.0 Å². The molecule has 0 bridgehead atoms. The molecule has 284 valence electrons. The summed E-state index contributed by atoms with van der Waals surface area (Å²) in [7, 11) is 0. The smallest absolute Gasteiger partial charge is 0.0163 e. The summed E-state index contributed by atoms with van der Waals surface area (Å²) in [6, 6.07) is 65.1. The number of pyridine rings is 3. The van der Waals surface area contributed by atoms with Gasteiger partial charge in [-0.25, -0.2) is 0 Å². The molecular formula is C51H44Ir2N3-3. The molecule has 0 aliphatic carbocycles. The van der Waals surface area contributed by atoms with E-state index in [1.807, 2.05) is 79.1 Å². The van der Waals surface area contributed by atoms with Crippen molar-refractivity contribution in [3.63, 3.8) is 0 Å². The topological polar surface area (TPSA) is 38.7 Å². The van der Waals surface area contributed by atoms with Gasteiger partial charge in [0.25, 0.3) is 0 Å². The molecule has 5 heteroatoms. The van der Waals surface area contributed by atoms with E-state index in [4.69, 9.17) is 0 Å². The van der Waals surface area contributed by atoms with Crippen LogP contribution in [0, 0.1) is 18.2 Å². The third-order valence-electron chi connectivity index (χ3n) is 8.92. The van der Waals surface area contributed by atoms with Gasteiger partial charge in [-0.3, -0.25) is 0 Å². The Balaban J connectivity index is 0.000000190. The number of hydrogen-bond donors (Lipinski definition) is 0. The molecule has 56 heavy (non-hydrogen) atoms. The zero-order valence-corrected chi connectivity index (χ0v) is 36.8. The van der Waals surface area contributed by atoms with Gasteiger partial charge in [-0.1, -0.05) is 124 Å². The van der Waals surface area contributed by atoms with Crippen molar-refractivity contribution >= 4 is 0 Å². The van der Waals surface area contributed by atoms with Crippen LogP contribution in [0.15, 0.2) is 182 Å². The molecule has 0 fully saturated rings. The molecule has 0 N–H and O–H groups in total. The van der Waals surface area contributed by atoms with Gasteiger partial charge >= 0.3 is 0 Å². The van der Waals surface area contributed by atoms with Crippen molar-refractivity contribution in [3.05, 3.63) is 212 Å². The second-order valence-electron chi connectivity index (χ2n) is 13.5. The third kappa shape index (κ3) is 12.4. The number of aromatic nitrogens is 3. The van der Waals surface area contributed by atoms with Gasteiger partial charge in [0, 0.05) is 58.8 Å². The minimum atomic E-state index is 0. The number of nitrogens with zero attached hydrogens (tertiary/aromatic N) is 3. The number of benzene rings is 5. The average molecular weight is 1080 g/mol. The standard InChI is InChI=1S/2C20H18N.C11H8N.2Ir/c2*1-15(2)17-11-12-21-20(14-17)19-10-6-9-18(13-19)16-7-4-3-5-8-16;1-2-6-10(7-3-1)11-8-4-5-9-12-11;;/h2*3-9,11-15H,1-2H3;1-6,8-9H;;/q3*-1;;. The molecule has 0 aliphatic heterocycles. The van der Waals surface area contributed by atoms with Gasteiger partial charge in [0.15, 0.2) is 0 Å². The molecule has 0 saturated carbocycles. The monoisotopic (exact) mass is 1080 g/mol. The van der Waals surface area contributed by atoms with Crippen molar-refractivity contribution < 1.29 is 40.2 Å². The third-order valence-corrected chi connectivity index (χ3v) is 8.92. The van der Waals surface area contributed by atoms with E-state index in [0.717, 1.165) is 33.8 Å². The summed E-state index contributed by atoms with van der Waals surface area (Å²) in [6.07, 6.45) is 5.55. The van der Waals surface area contributed by atoms with Crippen LogP contribution in [0.25, 0.3) is 56.0 Å². The van der Waals surface area contributed by atoms with Gasteiger partial charge in [-0.05, 0) is 58.2 Å². The van der Waals surface area contributed by atoms with E-state index in [-0.39, 0.29) is 40.2 Å². The van der Waals surface area contributed by atoms with Crippen molar-refractivity contribution in [1.29, 1.82) is 0 Å². The van der Waals surface area contributed by atoms with Crippen LogP contribution in [0.1, 0.15) is 50.7 Å². The molecule has 3 aromatic heterocycles. The van der Waals surface area contributed by atoms with Crippen LogP contribution < -0.4 is 0 Å². The Labute approximate surface area is 360 Å². The number of hydrogen-bond acceptors (Lipinski definition) is 3. The molecule has 0 amide bonds. The normalized spacial score (nSPS) is 10.2. The quantitative estimate of drug-likeness (QED) is 0.149. The first-order valence-corrected chi connectivity index (χ1v) is 18.4. The van der Waals surface area contributed by atoms with Crippen molar-refractivity contribution in [3.8, 4) is 56.0 Å². The van der Waals surface area contributed by atoms with Gasteiger partial charge in [0.1, 0.15) is 0 Å². The molecule has 0 spiro atoms. The molecule has 8 aromatic rings. The molecular weight excluding hydrogens is 1040 g/mol. The number of rotatable bonds is 7.